The third kappa shape index (κ3) is 2.52. The number of aryl methyl sites for hydroxylation is 2. The Labute approximate surface area is 145 Å². The monoisotopic (exact) mass is 334 g/mol. The first-order chi connectivity index (χ1) is 12.1. The number of fused-ring (bicyclic) bond motifs is 2. The van der Waals surface area contributed by atoms with Crippen molar-refractivity contribution < 1.29 is 14.4 Å². The molecule has 0 fully saturated rings. The molecule has 0 saturated heterocycles. The molecule has 0 aromatic heterocycles. The first-order valence-electron chi connectivity index (χ1n) is 8.41. The van der Waals surface area contributed by atoms with E-state index in [0.29, 0.717) is 17.7 Å². The van der Waals surface area contributed by atoms with Crippen LogP contribution in [0.4, 0.5) is 5.69 Å². The summed E-state index contributed by atoms with van der Waals surface area (Å²) in [5.41, 5.74) is 3.68. The molecular formula is C20H18N2O3. The second-order valence-electron chi connectivity index (χ2n) is 6.52. The lowest BCUT2D eigenvalue weighted by molar-refractivity contribution is -0.119. The van der Waals surface area contributed by atoms with Gasteiger partial charge in [-0.3, -0.25) is 19.3 Å². The molecule has 0 saturated carbocycles. The Bertz CT molecular complexity index is 904. The van der Waals surface area contributed by atoms with E-state index in [1.807, 2.05) is 31.2 Å². The van der Waals surface area contributed by atoms with Crippen LogP contribution in [-0.2, 0) is 11.2 Å². The molecule has 0 aliphatic carbocycles. The Hall–Kier alpha value is -2.95. The lowest BCUT2D eigenvalue weighted by Crippen LogP contribution is -2.44. The van der Waals surface area contributed by atoms with Gasteiger partial charge in [-0.25, -0.2) is 0 Å². The molecule has 4 rings (SSSR count). The number of carbonyl (C=O) groups excluding carboxylic acids is 3. The van der Waals surface area contributed by atoms with Gasteiger partial charge in [-0.15, -0.1) is 0 Å². The van der Waals surface area contributed by atoms with Gasteiger partial charge in [0.1, 0.15) is 6.54 Å². The number of anilines is 1. The quantitative estimate of drug-likeness (QED) is 0.793. The number of carbonyl (C=O) groups is 3. The molecule has 0 spiro atoms. The minimum Gasteiger partial charge on any atom is -0.311 e. The summed E-state index contributed by atoms with van der Waals surface area (Å²) in [5.74, 6) is -1.00. The van der Waals surface area contributed by atoms with E-state index < -0.39 is 5.91 Å². The number of nitrogens with zero attached hydrogens (tertiary/aromatic N) is 2. The molecule has 3 amide bonds. The lowest BCUT2D eigenvalue weighted by atomic mass is 10.0. The maximum atomic E-state index is 12.8. The van der Waals surface area contributed by atoms with Crippen LogP contribution < -0.4 is 4.90 Å². The second kappa shape index (κ2) is 5.84. The maximum absolute atomic E-state index is 12.8. The smallest absolute Gasteiger partial charge is 0.262 e. The number of hydrogen-bond acceptors (Lipinski definition) is 3. The minimum absolute atomic E-state index is 0.222. The highest BCUT2D eigenvalue weighted by atomic mass is 16.2. The molecule has 2 aliphatic rings. The summed E-state index contributed by atoms with van der Waals surface area (Å²) in [5, 5.41) is 0. The summed E-state index contributed by atoms with van der Waals surface area (Å²) in [6.07, 6.45) is 1.82. The maximum Gasteiger partial charge on any atom is 0.262 e. The number of benzene rings is 2. The van der Waals surface area contributed by atoms with Crippen molar-refractivity contribution in [3.8, 4) is 0 Å². The van der Waals surface area contributed by atoms with Gasteiger partial charge >= 0.3 is 0 Å². The molecule has 5 nitrogen and oxygen atoms in total. The van der Waals surface area contributed by atoms with E-state index >= 15 is 0 Å². The molecule has 0 N–H and O–H groups in total. The molecule has 2 aromatic rings. The van der Waals surface area contributed by atoms with Gasteiger partial charge in [0.15, 0.2) is 0 Å². The second-order valence-corrected chi connectivity index (χ2v) is 6.52. The van der Waals surface area contributed by atoms with Crippen LogP contribution in [0.5, 0.6) is 0 Å². The third-order valence-corrected chi connectivity index (χ3v) is 4.83. The van der Waals surface area contributed by atoms with Crippen molar-refractivity contribution >= 4 is 23.4 Å². The zero-order chi connectivity index (χ0) is 17.6. The van der Waals surface area contributed by atoms with Gasteiger partial charge in [0.2, 0.25) is 5.91 Å². The molecule has 0 radical (unpaired) electrons. The number of imide groups is 1. The summed E-state index contributed by atoms with van der Waals surface area (Å²) in [7, 11) is 0. The van der Waals surface area contributed by atoms with Crippen LogP contribution in [0.15, 0.2) is 42.5 Å². The zero-order valence-electron chi connectivity index (χ0n) is 14.0. The molecule has 5 heteroatoms. The molecule has 2 heterocycles. The van der Waals surface area contributed by atoms with E-state index in [4.69, 9.17) is 0 Å². The van der Waals surface area contributed by atoms with Crippen molar-refractivity contribution in [2.24, 2.45) is 0 Å². The Balaban J connectivity index is 1.59. The van der Waals surface area contributed by atoms with E-state index in [1.54, 1.807) is 23.1 Å². The predicted molar refractivity (Wildman–Crippen MR) is 93.7 cm³/mol. The number of hydrogen-bond donors (Lipinski definition) is 0. The van der Waals surface area contributed by atoms with Crippen LogP contribution in [0.2, 0.25) is 0 Å². The van der Waals surface area contributed by atoms with Crippen molar-refractivity contribution in [3.05, 3.63) is 64.7 Å². The van der Waals surface area contributed by atoms with Crippen LogP contribution in [0.25, 0.3) is 0 Å². The molecule has 126 valence electrons. The van der Waals surface area contributed by atoms with Crippen LogP contribution in [0.3, 0.4) is 0 Å². The van der Waals surface area contributed by atoms with Crippen LogP contribution in [-0.4, -0.2) is 35.7 Å². The summed E-state index contributed by atoms with van der Waals surface area (Å²) in [6, 6.07) is 12.9. The summed E-state index contributed by atoms with van der Waals surface area (Å²) in [4.78, 5) is 40.6. The third-order valence-electron chi connectivity index (χ3n) is 4.83. The Morgan fingerprint density at radius 1 is 1.04 bits per heavy atom. The van der Waals surface area contributed by atoms with Crippen LogP contribution >= 0.6 is 0 Å². The Morgan fingerprint density at radius 3 is 2.64 bits per heavy atom. The normalized spacial score (nSPS) is 16.0. The van der Waals surface area contributed by atoms with E-state index in [-0.39, 0.29) is 18.4 Å². The van der Waals surface area contributed by atoms with Gasteiger partial charge < -0.3 is 4.90 Å². The van der Waals surface area contributed by atoms with Crippen LogP contribution in [0.1, 0.15) is 38.3 Å². The molecule has 0 atom stereocenters. The van der Waals surface area contributed by atoms with Crippen molar-refractivity contribution in [3.63, 3.8) is 0 Å². The van der Waals surface area contributed by atoms with Gasteiger partial charge in [-0.2, -0.15) is 0 Å². The van der Waals surface area contributed by atoms with Crippen LogP contribution in [0, 0.1) is 6.92 Å². The van der Waals surface area contributed by atoms with Gasteiger partial charge in [-0.05, 0) is 43.5 Å². The summed E-state index contributed by atoms with van der Waals surface area (Å²) in [6.45, 7) is 2.26. The fourth-order valence-corrected chi connectivity index (χ4v) is 3.56. The van der Waals surface area contributed by atoms with E-state index in [9.17, 15) is 14.4 Å². The average Bonchev–Trinajstić information content (AvgIpc) is 2.85. The largest absolute Gasteiger partial charge is 0.311 e. The molecule has 2 aromatic carbocycles. The van der Waals surface area contributed by atoms with E-state index in [1.165, 1.54) is 0 Å². The molecule has 25 heavy (non-hydrogen) atoms. The van der Waals surface area contributed by atoms with Gasteiger partial charge in [-0.1, -0.05) is 29.8 Å². The fraction of sp³-hybridized carbons (Fsp3) is 0.250. The first kappa shape index (κ1) is 15.6. The highest BCUT2D eigenvalue weighted by Crippen LogP contribution is 2.28. The SMILES string of the molecule is Cc1ccc2c(c1)C(=O)N(CC(=O)N1CCCc3ccccc31)C2=O. The first-order valence-corrected chi connectivity index (χ1v) is 8.41. The van der Waals surface area contributed by atoms with Crippen molar-refractivity contribution in [1.82, 2.24) is 4.90 Å². The van der Waals surface area contributed by atoms with Gasteiger partial charge in [0.25, 0.3) is 11.8 Å². The Kier molecular flexibility index (Phi) is 3.64. The van der Waals surface area contributed by atoms with Gasteiger partial charge in [0.05, 0.1) is 11.1 Å². The van der Waals surface area contributed by atoms with E-state index in [2.05, 4.69) is 0 Å². The number of para-hydroxylation sites is 1. The molecule has 0 bridgehead atoms. The number of rotatable bonds is 2. The summed E-state index contributed by atoms with van der Waals surface area (Å²) < 4.78 is 0. The average molecular weight is 334 g/mol. The Morgan fingerprint density at radius 2 is 1.80 bits per heavy atom. The zero-order valence-corrected chi connectivity index (χ0v) is 14.0. The van der Waals surface area contributed by atoms with Gasteiger partial charge in [0, 0.05) is 12.2 Å². The molecule has 0 unspecified atom stereocenters. The topological polar surface area (TPSA) is 57.7 Å². The molecule has 2 aliphatic heterocycles. The highest BCUT2D eigenvalue weighted by molar-refractivity contribution is 6.22. The van der Waals surface area contributed by atoms with Crippen molar-refractivity contribution in [2.75, 3.05) is 18.0 Å². The van der Waals surface area contributed by atoms with Crippen molar-refractivity contribution in [1.29, 1.82) is 0 Å². The van der Waals surface area contributed by atoms with E-state index in [0.717, 1.165) is 34.6 Å². The standard InChI is InChI=1S/C20H18N2O3/c1-13-8-9-15-16(11-13)20(25)22(19(15)24)12-18(23)21-10-4-6-14-5-2-3-7-17(14)21/h2-3,5,7-9,11H,4,6,10,12H2,1H3. The summed E-state index contributed by atoms with van der Waals surface area (Å²) >= 11 is 0. The number of amides is 3. The lowest BCUT2D eigenvalue weighted by Gasteiger charge is -2.30. The molecular weight excluding hydrogens is 316 g/mol. The highest BCUT2D eigenvalue weighted by Gasteiger charge is 2.37. The predicted octanol–water partition coefficient (Wildman–Crippen LogP) is 2.57. The fourth-order valence-electron chi connectivity index (χ4n) is 3.56. The minimum atomic E-state index is -0.390. The van der Waals surface area contributed by atoms with Crippen molar-refractivity contribution in [2.45, 2.75) is 19.8 Å².